The molecule has 3 rings (SSSR count). The first-order valence-electron chi connectivity index (χ1n) is 8.10. The maximum Gasteiger partial charge on any atom is 0.250 e. The molecule has 27 heavy (non-hydrogen) atoms. The molecule has 0 unspecified atom stereocenters. The molecule has 7 heteroatoms. The SMILES string of the molecule is O=C(CSCc1ccccc1)N/N=C/c1ccc(-c2ccc(Cl)cc2Cl)o1. The van der Waals surface area contributed by atoms with Gasteiger partial charge in [-0.15, -0.1) is 11.8 Å². The van der Waals surface area contributed by atoms with E-state index in [0.29, 0.717) is 27.3 Å². The van der Waals surface area contributed by atoms with Crippen molar-refractivity contribution in [1.29, 1.82) is 0 Å². The van der Waals surface area contributed by atoms with Crippen molar-refractivity contribution in [3.63, 3.8) is 0 Å². The van der Waals surface area contributed by atoms with Gasteiger partial charge in [-0.25, -0.2) is 5.43 Å². The van der Waals surface area contributed by atoms with Crippen molar-refractivity contribution in [1.82, 2.24) is 5.43 Å². The smallest absolute Gasteiger partial charge is 0.250 e. The molecule has 2 aromatic carbocycles. The molecule has 0 aliphatic rings. The van der Waals surface area contributed by atoms with Crippen LogP contribution in [0.1, 0.15) is 11.3 Å². The van der Waals surface area contributed by atoms with Crippen LogP contribution in [0.3, 0.4) is 0 Å². The van der Waals surface area contributed by atoms with E-state index in [9.17, 15) is 4.79 Å². The summed E-state index contributed by atoms with van der Waals surface area (Å²) >= 11 is 13.6. The van der Waals surface area contributed by atoms with Gasteiger partial charge in [-0.3, -0.25) is 4.79 Å². The first kappa shape index (κ1) is 19.5. The Labute approximate surface area is 171 Å². The predicted octanol–water partition coefficient (Wildman–Crippen LogP) is 5.64. The van der Waals surface area contributed by atoms with Crippen LogP contribution < -0.4 is 5.43 Å². The van der Waals surface area contributed by atoms with Crippen molar-refractivity contribution in [2.75, 3.05) is 5.75 Å². The third-order valence-electron chi connectivity index (χ3n) is 3.55. The van der Waals surface area contributed by atoms with Crippen LogP contribution in [0.15, 0.2) is 70.2 Å². The molecule has 138 valence electrons. The Morgan fingerprint density at radius 3 is 2.70 bits per heavy atom. The molecule has 0 fully saturated rings. The van der Waals surface area contributed by atoms with E-state index in [1.807, 2.05) is 30.3 Å². The molecule has 0 saturated carbocycles. The summed E-state index contributed by atoms with van der Waals surface area (Å²) in [6.07, 6.45) is 1.45. The largest absolute Gasteiger partial charge is 0.455 e. The van der Waals surface area contributed by atoms with E-state index in [4.69, 9.17) is 27.6 Å². The Bertz CT molecular complexity index is 942. The molecule has 0 atom stereocenters. The van der Waals surface area contributed by atoms with Crippen molar-refractivity contribution in [2.45, 2.75) is 5.75 Å². The van der Waals surface area contributed by atoms with Gasteiger partial charge >= 0.3 is 0 Å². The number of amides is 1. The van der Waals surface area contributed by atoms with E-state index in [2.05, 4.69) is 10.5 Å². The van der Waals surface area contributed by atoms with Crippen molar-refractivity contribution in [3.8, 4) is 11.3 Å². The van der Waals surface area contributed by atoms with E-state index in [1.54, 1.807) is 30.3 Å². The molecule has 0 spiro atoms. The third-order valence-corrected chi connectivity index (χ3v) is 5.10. The molecule has 3 aromatic rings. The van der Waals surface area contributed by atoms with E-state index in [0.717, 1.165) is 11.3 Å². The number of thioether (sulfide) groups is 1. The highest BCUT2D eigenvalue weighted by Crippen LogP contribution is 2.31. The zero-order valence-corrected chi connectivity index (χ0v) is 16.5. The zero-order chi connectivity index (χ0) is 19.1. The van der Waals surface area contributed by atoms with Gasteiger partial charge in [-0.05, 0) is 35.9 Å². The molecule has 0 aliphatic carbocycles. The normalized spacial score (nSPS) is 11.0. The second-order valence-corrected chi connectivity index (χ2v) is 7.43. The summed E-state index contributed by atoms with van der Waals surface area (Å²) in [6, 6.07) is 18.7. The van der Waals surface area contributed by atoms with Crippen molar-refractivity contribution in [2.24, 2.45) is 5.10 Å². The molecule has 1 amide bonds. The van der Waals surface area contributed by atoms with Gasteiger partial charge in [0.1, 0.15) is 11.5 Å². The Kier molecular flexibility index (Phi) is 6.98. The lowest BCUT2D eigenvalue weighted by Crippen LogP contribution is -2.19. The standard InChI is InChI=1S/C20H16Cl2N2O2S/c21-15-6-8-17(18(22)10-15)19-9-7-16(26-19)11-23-24-20(25)13-27-12-14-4-2-1-3-5-14/h1-11H,12-13H2,(H,24,25)/b23-11+. The number of rotatable bonds is 7. The number of nitrogens with zero attached hydrogens (tertiary/aromatic N) is 1. The summed E-state index contributed by atoms with van der Waals surface area (Å²) in [7, 11) is 0. The fourth-order valence-corrected chi connectivity index (χ4v) is 3.57. The Balaban J connectivity index is 1.48. The molecule has 0 radical (unpaired) electrons. The first-order valence-corrected chi connectivity index (χ1v) is 10.0. The Morgan fingerprint density at radius 1 is 1.11 bits per heavy atom. The Morgan fingerprint density at radius 2 is 1.93 bits per heavy atom. The van der Waals surface area contributed by atoms with Crippen LogP contribution in [0.5, 0.6) is 0 Å². The lowest BCUT2D eigenvalue weighted by atomic mass is 10.2. The maximum absolute atomic E-state index is 11.8. The fourth-order valence-electron chi connectivity index (χ4n) is 2.29. The molecule has 0 bridgehead atoms. The summed E-state index contributed by atoms with van der Waals surface area (Å²) < 4.78 is 5.68. The molecule has 1 aromatic heterocycles. The highest BCUT2D eigenvalue weighted by atomic mass is 35.5. The van der Waals surface area contributed by atoms with Crippen molar-refractivity contribution in [3.05, 3.63) is 82.0 Å². The number of hydrogen-bond donors (Lipinski definition) is 1. The molecular weight excluding hydrogens is 403 g/mol. The molecule has 1 N–H and O–H groups in total. The van der Waals surface area contributed by atoms with E-state index < -0.39 is 0 Å². The van der Waals surface area contributed by atoms with Gasteiger partial charge in [-0.1, -0.05) is 53.5 Å². The summed E-state index contributed by atoms with van der Waals surface area (Å²) in [4.78, 5) is 11.8. The second kappa shape index (κ2) is 9.65. The van der Waals surface area contributed by atoms with Gasteiger partial charge in [0.25, 0.3) is 0 Å². The van der Waals surface area contributed by atoms with Gasteiger partial charge < -0.3 is 4.42 Å². The first-order chi connectivity index (χ1) is 13.1. The highest BCUT2D eigenvalue weighted by molar-refractivity contribution is 7.99. The molecule has 0 saturated heterocycles. The predicted molar refractivity (Wildman–Crippen MR) is 113 cm³/mol. The number of hydrogen-bond acceptors (Lipinski definition) is 4. The summed E-state index contributed by atoms with van der Waals surface area (Å²) in [5, 5.41) is 4.99. The number of furan rings is 1. The monoisotopic (exact) mass is 418 g/mol. The summed E-state index contributed by atoms with van der Waals surface area (Å²) in [5.41, 5.74) is 4.41. The number of carbonyl (C=O) groups excluding carboxylic acids is 1. The van der Waals surface area contributed by atoms with Crippen LogP contribution in [-0.4, -0.2) is 17.9 Å². The van der Waals surface area contributed by atoms with E-state index >= 15 is 0 Å². The number of benzene rings is 2. The molecule has 1 heterocycles. The van der Waals surface area contributed by atoms with Crippen LogP contribution in [0.2, 0.25) is 10.0 Å². The lowest BCUT2D eigenvalue weighted by molar-refractivity contribution is -0.118. The minimum atomic E-state index is -0.167. The highest BCUT2D eigenvalue weighted by Gasteiger charge is 2.08. The van der Waals surface area contributed by atoms with Gasteiger partial charge in [0.05, 0.1) is 17.0 Å². The number of nitrogens with one attached hydrogen (secondary N) is 1. The second-order valence-electron chi connectivity index (χ2n) is 5.60. The zero-order valence-electron chi connectivity index (χ0n) is 14.2. The number of halogens is 2. The van der Waals surface area contributed by atoms with Crippen LogP contribution in [-0.2, 0) is 10.5 Å². The average Bonchev–Trinajstić information content (AvgIpc) is 3.11. The fraction of sp³-hybridized carbons (Fsp3) is 0.100. The van der Waals surface area contributed by atoms with E-state index in [-0.39, 0.29) is 5.91 Å². The summed E-state index contributed by atoms with van der Waals surface area (Å²) in [6.45, 7) is 0. The van der Waals surface area contributed by atoms with E-state index in [1.165, 1.54) is 23.5 Å². The molecular formula is C20H16Cl2N2O2S. The van der Waals surface area contributed by atoms with Crippen molar-refractivity contribution >= 4 is 47.1 Å². The quantitative estimate of drug-likeness (QED) is 0.399. The third kappa shape index (κ3) is 5.89. The van der Waals surface area contributed by atoms with Gasteiger partial charge in [-0.2, -0.15) is 5.10 Å². The van der Waals surface area contributed by atoms with Gasteiger partial charge in [0, 0.05) is 16.3 Å². The van der Waals surface area contributed by atoms with Crippen LogP contribution >= 0.6 is 35.0 Å². The average molecular weight is 419 g/mol. The van der Waals surface area contributed by atoms with Crippen LogP contribution in [0.25, 0.3) is 11.3 Å². The van der Waals surface area contributed by atoms with Crippen molar-refractivity contribution < 1.29 is 9.21 Å². The molecule has 0 aliphatic heterocycles. The van der Waals surface area contributed by atoms with Gasteiger partial charge in [0.2, 0.25) is 5.91 Å². The van der Waals surface area contributed by atoms with Crippen LogP contribution in [0.4, 0.5) is 0 Å². The minimum Gasteiger partial charge on any atom is -0.455 e. The number of carbonyl (C=O) groups is 1. The topological polar surface area (TPSA) is 54.6 Å². The Hall–Kier alpha value is -2.21. The summed E-state index contributed by atoms with van der Waals surface area (Å²) in [5.74, 6) is 2.05. The van der Waals surface area contributed by atoms with Gasteiger partial charge in [0.15, 0.2) is 0 Å². The number of hydrazone groups is 1. The molecule has 4 nitrogen and oxygen atoms in total. The van der Waals surface area contributed by atoms with Crippen LogP contribution in [0, 0.1) is 0 Å². The lowest BCUT2D eigenvalue weighted by Gasteiger charge is -2.01. The maximum atomic E-state index is 11.8. The minimum absolute atomic E-state index is 0.167.